The van der Waals surface area contributed by atoms with Crippen molar-refractivity contribution in [3.05, 3.63) is 65.6 Å². The molecule has 0 saturated carbocycles. The lowest BCUT2D eigenvalue weighted by atomic mass is 10.2. The molecule has 5 heteroatoms. The summed E-state index contributed by atoms with van der Waals surface area (Å²) in [7, 11) is 0. The molecule has 0 aliphatic heterocycles. The first-order valence-electron chi connectivity index (χ1n) is 6.49. The van der Waals surface area contributed by atoms with Gasteiger partial charge >= 0.3 is 0 Å². The minimum absolute atomic E-state index is 0.600. The average molecular weight is 297 g/mol. The number of hydrogen-bond donors (Lipinski definition) is 1. The third-order valence-electron chi connectivity index (χ3n) is 3.03. The average Bonchev–Trinajstić information content (AvgIpc) is 2.51. The van der Waals surface area contributed by atoms with Gasteiger partial charge in [0.25, 0.3) is 0 Å². The molecular weight excluding hydrogens is 284 g/mol. The van der Waals surface area contributed by atoms with E-state index in [1.165, 1.54) is 0 Å². The van der Waals surface area contributed by atoms with Gasteiger partial charge in [0.05, 0.1) is 5.02 Å². The number of anilines is 2. The topological polar surface area (TPSA) is 50.7 Å². The van der Waals surface area contributed by atoms with Crippen LogP contribution in [0.5, 0.6) is 0 Å². The molecule has 0 aliphatic carbocycles. The first-order chi connectivity index (χ1) is 10.2. The van der Waals surface area contributed by atoms with E-state index in [1.807, 2.05) is 43.3 Å². The van der Waals surface area contributed by atoms with Crippen molar-refractivity contribution in [1.82, 2.24) is 15.0 Å². The summed E-state index contributed by atoms with van der Waals surface area (Å²) in [6, 6.07) is 11.3. The van der Waals surface area contributed by atoms with Crippen LogP contribution in [0.3, 0.4) is 0 Å². The van der Waals surface area contributed by atoms with Crippen molar-refractivity contribution in [2.75, 3.05) is 5.32 Å². The van der Waals surface area contributed by atoms with Gasteiger partial charge in [0.2, 0.25) is 0 Å². The second-order valence-electron chi connectivity index (χ2n) is 4.57. The van der Waals surface area contributed by atoms with Crippen LogP contribution in [-0.2, 0) is 0 Å². The third kappa shape index (κ3) is 3.01. The van der Waals surface area contributed by atoms with Gasteiger partial charge in [-0.25, -0.2) is 9.97 Å². The highest BCUT2D eigenvalue weighted by Gasteiger charge is 2.09. The Morgan fingerprint density at radius 1 is 1.05 bits per heavy atom. The fourth-order valence-corrected chi connectivity index (χ4v) is 2.13. The SMILES string of the molecule is Cc1cnc(-c2ccccc2Cl)nc1Nc1ccncc1. The van der Waals surface area contributed by atoms with Crippen molar-refractivity contribution in [1.29, 1.82) is 0 Å². The van der Waals surface area contributed by atoms with Crippen molar-refractivity contribution in [2.45, 2.75) is 6.92 Å². The van der Waals surface area contributed by atoms with Gasteiger partial charge in [-0.05, 0) is 31.2 Å². The normalized spacial score (nSPS) is 10.4. The number of pyridine rings is 1. The number of aromatic nitrogens is 3. The number of benzene rings is 1. The van der Waals surface area contributed by atoms with Crippen LogP contribution in [0.25, 0.3) is 11.4 Å². The Morgan fingerprint density at radius 3 is 2.57 bits per heavy atom. The molecule has 21 heavy (non-hydrogen) atoms. The summed E-state index contributed by atoms with van der Waals surface area (Å²) >= 11 is 6.20. The largest absolute Gasteiger partial charge is 0.340 e. The van der Waals surface area contributed by atoms with Crippen LogP contribution in [0.1, 0.15) is 5.56 Å². The van der Waals surface area contributed by atoms with Crippen molar-refractivity contribution in [3.8, 4) is 11.4 Å². The highest BCUT2D eigenvalue weighted by molar-refractivity contribution is 6.33. The van der Waals surface area contributed by atoms with Gasteiger partial charge in [-0.2, -0.15) is 0 Å². The number of nitrogens with zero attached hydrogens (tertiary/aromatic N) is 3. The van der Waals surface area contributed by atoms with Crippen LogP contribution in [0.2, 0.25) is 5.02 Å². The first kappa shape index (κ1) is 13.5. The fraction of sp³-hybridized carbons (Fsp3) is 0.0625. The molecule has 1 aromatic carbocycles. The molecule has 3 aromatic rings. The molecule has 0 radical (unpaired) electrons. The van der Waals surface area contributed by atoms with Gasteiger partial charge in [-0.3, -0.25) is 4.98 Å². The molecule has 0 aliphatic rings. The highest BCUT2D eigenvalue weighted by atomic mass is 35.5. The molecule has 0 unspecified atom stereocenters. The number of aryl methyl sites for hydroxylation is 1. The first-order valence-corrected chi connectivity index (χ1v) is 6.87. The van der Waals surface area contributed by atoms with Crippen LogP contribution >= 0.6 is 11.6 Å². The zero-order chi connectivity index (χ0) is 14.7. The van der Waals surface area contributed by atoms with E-state index in [1.54, 1.807) is 18.6 Å². The van der Waals surface area contributed by atoms with Crippen molar-refractivity contribution in [3.63, 3.8) is 0 Å². The van der Waals surface area contributed by atoms with E-state index in [0.29, 0.717) is 10.8 Å². The quantitative estimate of drug-likeness (QED) is 0.785. The Kier molecular flexibility index (Phi) is 3.79. The molecule has 2 aromatic heterocycles. The fourth-order valence-electron chi connectivity index (χ4n) is 1.91. The Hall–Kier alpha value is -2.46. The lowest BCUT2D eigenvalue weighted by molar-refractivity contribution is 1.14. The summed E-state index contributed by atoms with van der Waals surface area (Å²) in [6.07, 6.45) is 5.25. The minimum Gasteiger partial charge on any atom is -0.340 e. The summed E-state index contributed by atoms with van der Waals surface area (Å²) in [5.41, 5.74) is 2.71. The smallest absolute Gasteiger partial charge is 0.163 e. The number of hydrogen-bond acceptors (Lipinski definition) is 4. The summed E-state index contributed by atoms with van der Waals surface area (Å²) in [5, 5.41) is 3.90. The molecule has 0 saturated heterocycles. The summed E-state index contributed by atoms with van der Waals surface area (Å²) in [6.45, 7) is 1.96. The molecule has 0 spiro atoms. The third-order valence-corrected chi connectivity index (χ3v) is 3.36. The van der Waals surface area contributed by atoms with E-state index in [9.17, 15) is 0 Å². The van der Waals surface area contributed by atoms with Crippen LogP contribution < -0.4 is 5.32 Å². The van der Waals surface area contributed by atoms with Crippen molar-refractivity contribution >= 4 is 23.1 Å². The second-order valence-corrected chi connectivity index (χ2v) is 4.97. The van der Waals surface area contributed by atoms with Crippen LogP contribution in [-0.4, -0.2) is 15.0 Å². The van der Waals surface area contributed by atoms with E-state index >= 15 is 0 Å². The number of halogens is 1. The molecule has 0 atom stereocenters. The molecule has 3 rings (SSSR count). The van der Waals surface area contributed by atoms with Crippen LogP contribution in [0, 0.1) is 6.92 Å². The summed E-state index contributed by atoms with van der Waals surface area (Å²) < 4.78 is 0. The maximum Gasteiger partial charge on any atom is 0.163 e. The Balaban J connectivity index is 1.99. The summed E-state index contributed by atoms with van der Waals surface area (Å²) in [5.74, 6) is 1.36. The Labute approximate surface area is 127 Å². The van der Waals surface area contributed by atoms with E-state index in [0.717, 1.165) is 22.6 Å². The molecule has 0 fully saturated rings. The molecule has 1 N–H and O–H groups in total. The standard InChI is InChI=1S/C16H13ClN4/c1-11-10-19-16(13-4-2-3-5-14(13)17)21-15(11)20-12-6-8-18-9-7-12/h2-10H,1H3,(H,18,19,20,21). The van der Waals surface area contributed by atoms with Gasteiger partial charge in [0.15, 0.2) is 5.82 Å². The molecule has 0 bridgehead atoms. The van der Waals surface area contributed by atoms with Gasteiger partial charge in [0.1, 0.15) is 5.82 Å². The van der Waals surface area contributed by atoms with Gasteiger partial charge in [0, 0.05) is 35.4 Å². The maximum atomic E-state index is 6.20. The van der Waals surface area contributed by atoms with E-state index < -0.39 is 0 Å². The Bertz CT molecular complexity index is 759. The van der Waals surface area contributed by atoms with Crippen molar-refractivity contribution < 1.29 is 0 Å². The minimum atomic E-state index is 0.600. The predicted molar refractivity (Wildman–Crippen MR) is 84.7 cm³/mol. The molecule has 0 amide bonds. The molecule has 4 nitrogen and oxygen atoms in total. The van der Waals surface area contributed by atoms with Crippen molar-refractivity contribution in [2.24, 2.45) is 0 Å². The van der Waals surface area contributed by atoms with Gasteiger partial charge in [-0.1, -0.05) is 23.7 Å². The number of rotatable bonds is 3. The predicted octanol–water partition coefficient (Wildman–Crippen LogP) is 4.24. The Morgan fingerprint density at radius 2 is 1.81 bits per heavy atom. The second kappa shape index (κ2) is 5.89. The lowest BCUT2D eigenvalue weighted by Crippen LogP contribution is -2.00. The molecular formula is C16H13ClN4. The van der Waals surface area contributed by atoms with E-state index in [2.05, 4.69) is 20.3 Å². The molecule has 2 heterocycles. The number of nitrogens with one attached hydrogen (secondary N) is 1. The summed E-state index contributed by atoms with van der Waals surface area (Å²) in [4.78, 5) is 12.9. The highest BCUT2D eigenvalue weighted by Crippen LogP contribution is 2.26. The van der Waals surface area contributed by atoms with Crippen LogP contribution in [0.4, 0.5) is 11.5 Å². The maximum absolute atomic E-state index is 6.20. The zero-order valence-electron chi connectivity index (χ0n) is 11.4. The van der Waals surface area contributed by atoms with Gasteiger partial charge < -0.3 is 5.32 Å². The lowest BCUT2D eigenvalue weighted by Gasteiger charge is -2.10. The van der Waals surface area contributed by atoms with E-state index in [4.69, 9.17) is 11.6 Å². The molecule has 104 valence electrons. The monoisotopic (exact) mass is 296 g/mol. The van der Waals surface area contributed by atoms with Crippen LogP contribution in [0.15, 0.2) is 55.0 Å². The van der Waals surface area contributed by atoms with E-state index in [-0.39, 0.29) is 0 Å². The zero-order valence-corrected chi connectivity index (χ0v) is 12.2. The van der Waals surface area contributed by atoms with Gasteiger partial charge in [-0.15, -0.1) is 0 Å².